The van der Waals surface area contributed by atoms with Gasteiger partial charge in [0.1, 0.15) is 17.5 Å². The van der Waals surface area contributed by atoms with Crippen molar-refractivity contribution in [3.8, 4) is 0 Å². The quantitative estimate of drug-likeness (QED) is 0.589. The number of hydrogen-bond acceptors (Lipinski definition) is 4. The molecule has 0 aromatic carbocycles. The number of carbonyl (C=O) groups excluding carboxylic acids is 1. The van der Waals surface area contributed by atoms with Crippen molar-refractivity contribution >= 4 is 11.8 Å². The molecule has 1 aliphatic carbocycles. The number of nitrogens with one attached hydrogen (secondary N) is 2. The van der Waals surface area contributed by atoms with Crippen LogP contribution in [-0.4, -0.2) is 37.1 Å². The molecule has 2 amide bonds. The van der Waals surface area contributed by atoms with Gasteiger partial charge in [-0.2, -0.15) is 10.2 Å². The van der Waals surface area contributed by atoms with E-state index in [0.29, 0.717) is 12.5 Å². The smallest absolute Gasteiger partial charge is 0.320 e. The number of hydrogen-bond donors (Lipinski definition) is 2. The average Bonchev–Trinajstić information content (AvgIpc) is 3.18. The summed E-state index contributed by atoms with van der Waals surface area (Å²) in [6.07, 6.45) is 10.4. The van der Waals surface area contributed by atoms with Crippen molar-refractivity contribution in [2.45, 2.75) is 52.6 Å². The van der Waals surface area contributed by atoms with Crippen molar-refractivity contribution in [3.05, 3.63) is 36.1 Å². The summed E-state index contributed by atoms with van der Waals surface area (Å²) in [5.74, 6) is 2.99. The summed E-state index contributed by atoms with van der Waals surface area (Å²) in [5.41, 5.74) is 0. The Balaban J connectivity index is 1.41. The lowest BCUT2D eigenvalue weighted by Crippen LogP contribution is -2.31. The molecule has 0 bridgehead atoms. The Bertz CT molecular complexity index is 761. The van der Waals surface area contributed by atoms with Gasteiger partial charge in [-0.1, -0.05) is 12.2 Å². The Kier molecular flexibility index (Phi) is 6.04. The van der Waals surface area contributed by atoms with Crippen LogP contribution in [0.3, 0.4) is 0 Å². The minimum atomic E-state index is -0.207. The van der Waals surface area contributed by atoms with E-state index in [1.807, 2.05) is 29.3 Å². The molecule has 0 aliphatic heterocycles. The van der Waals surface area contributed by atoms with Crippen LogP contribution >= 0.6 is 0 Å². The van der Waals surface area contributed by atoms with E-state index >= 15 is 0 Å². The van der Waals surface area contributed by atoms with E-state index in [1.165, 1.54) is 6.42 Å². The van der Waals surface area contributed by atoms with Crippen molar-refractivity contribution in [2.24, 2.45) is 5.92 Å². The molecule has 2 heterocycles. The van der Waals surface area contributed by atoms with Gasteiger partial charge in [-0.25, -0.2) is 14.5 Å². The number of carbonyl (C=O) groups is 1. The lowest BCUT2D eigenvalue weighted by Gasteiger charge is -2.19. The Morgan fingerprint density at radius 3 is 2.92 bits per heavy atom. The van der Waals surface area contributed by atoms with E-state index in [-0.39, 0.29) is 6.03 Å². The zero-order valence-electron chi connectivity index (χ0n) is 15.5. The molecule has 0 saturated heterocycles. The molecular formula is C18H27N7O. The van der Waals surface area contributed by atoms with E-state index in [9.17, 15) is 4.79 Å². The Labute approximate surface area is 153 Å². The highest BCUT2D eigenvalue weighted by Gasteiger charge is 2.14. The fourth-order valence-electron chi connectivity index (χ4n) is 3.22. The lowest BCUT2D eigenvalue weighted by molar-refractivity contribution is 0.251. The molecule has 3 rings (SSSR count). The standard InChI is InChI=1S/C18H27N7O/c1-14-21-15(2)24(23-14)12-6-10-19-18(26)22-17-9-11-20-25(17)13-16-7-4-3-5-8-16/h3-4,9,11,16H,5-8,10,12-13H2,1-2H3,(H2,19,22,26)/t16-/m0/s1. The molecule has 26 heavy (non-hydrogen) atoms. The molecule has 8 nitrogen and oxygen atoms in total. The third-order valence-electron chi connectivity index (χ3n) is 4.56. The minimum Gasteiger partial charge on any atom is -0.338 e. The highest BCUT2D eigenvalue weighted by Crippen LogP contribution is 2.21. The van der Waals surface area contributed by atoms with Gasteiger partial charge in [-0.15, -0.1) is 0 Å². The molecule has 140 valence electrons. The second-order valence-corrected chi connectivity index (χ2v) is 6.71. The third kappa shape index (κ3) is 4.93. The van der Waals surface area contributed by atoms with Gasteiger partial charge in [0.05, 0.1) is 6.20 Å². The first-order valence-corrected chi connectivity index (χ1v) is 9.21. The Morgan fingerprint density at radius 2 is 2.19 bits per heavy atom. The third-order valence-corrected chi connectivity index (χ3v) is 4.56. The average molecular weight is 357 g/mol. The largest absolute Gasteiger partial charge is 0.338 e. The first-order chi connectivity index (χ1) is 12.6. The van der Waals surface area contributed by atoms with E-state index in [1.54, 1.807) is 6.20 Å². The molecule has 0 unspecified atom stereocenters. The summed E-state index contributed by atoms with van der Waals surface area (Å²) in [4.78, 5) is 16.4. The van der Waals surface area contributed by atoms with Gasteiger partial charge in [0, 0.05) is 25.7 Å². The van der Waals surface area contributed by atoms with Gasteiger partial charge in [0.2, 0.25) is 0 Å². The summed E-state index contributed by atoms with van der Waals surface area (Å²) in [7, 11) is 0. The molecule has 1 aliphatic rings. The van der Waals surface area contributed by atoms with Crippen LogP contribution in [0.25, 0.3) is 0 Å². The van der Waals surface area contributed by atoms with Gasteiger partial charge in [0.15, 0.2) is 0 Å². The van der Waals surface area contributed by atoms with Gasteiger partial charge in [0.25, 0.3) is 0 Å². The Morgan fingerprint density at radius 1 is 1.31 bits per heavy atom. The monoisotopic (exact) mass is 357 g/mol. The van der Waals surface area contributed by atoms with Crippen LogP contribution in [0.15, 0.2) is 24.4 Å². The summed E-state index contributed by atoms with van der Waals surface area (Å²) < 4.78 is 3.74. The van der Waals surface area contributed by atoms with Crippen molar-refractivity contribution in [3.63, 3.8) is 0 Å². The predicted octanol–water partition coefficient (Wildman–Crippen LogP) is 2.66. The molecule has 0 spiro atoms. The first-order valence-electron chi connectivity index (χ1n) is 9.21. The number of anilines is 1. The second kappa shape index (κ2) is 8.64. The number of nitrogens with zero attached hydrogens (tertiary/aromatic N) is 5. The number of aromatic nitrogens is 5. The fourth-order valence-corrected chi connectivity index (χ4v) is 3.22. The van der Waals surface area contributed by atoms with Gasteiger partial charge < -0.3 is 5.32 Å². The SMILES string of the molecule is Cc1nc(C)n(CCCNC(=O)Nc2ccnn2C[C@H]2CC=CCC2)n1. The van der Waals surface area contributed by atoms with Crippen LogP contribution in [-0.2, 0) is 13.1 Å². The normalized spacial score (nSPS) is 16.6. The summed E-state index contributed by atoms with van der Waals surface area (Å²) in [5, 5.41) is 14.4. The van der Waals surface area contributed by atoms with E-state index in [0.717, 1.165) is 49.8 Å². The van der Waals surface area contributed by atoms with E-state index in [4.69, 9.17) is 0 Å². The maximum Gasteiger partial charge on any atom is 0.320 e. The fraction of sp³-hybridized carbons (Fsp3) is 0.556. The van der Waals surface area contributed by atoms with Crippen LogP contribution in [0, 0.1) is 19.8 Å². The highest BCUT2D eigenvalue weighted by molar-refractivity contribution is 5.88. The van der Waals surface area contributed by atoms with Gasteiger partial charge in [-0.3, -0.25) is 10.00 Å². The van der Waals surface area contributed by atoms with E-state index < -0.39 is 0 Å². The first kappa shape index (κ1) is 18.2. The van der Waals surface area contributed by atoms with Crippen LogP contribution in [0.2, 0.25) is 0 Å². The predicted molar refractivity (Wildman–Crippen MR) is 99.8 cm³/mol. The summed E-state index contributed by atoms with van der Waals surface area (Å²) in [6.45, 7) is 5.95. The molecule has 2 aromatic heterocycles. The van der Waals surface area contributed by atoms with Crippen LogP contribution < -0.4 is 10.6 Å². The van der Waals surface area contributed by atoms with Gasteiger partial charge >= 0.3 is 6.03 Å². The topological polar surface area (TPSA) is 89.7 Å². The molecule has 0 saturated carbocycles. The van der Waals surface area contributed by atoms with Crippen molar-refractivity contribution in [2.75, 3.05) is 11.9 Å². The molecule has 2 aromatic rings. The molecule has 8 heteroatoms. The minimum absolute atomic E-state index is 0.207. The second-order valence-electron chi connectivity index (χ2n) is 6.71. The van der Waals surface area contributed by atoms with Gasteiger partial charge in [-0.05, 0) is 45.4 Å². The molecule has 0 radical (unpaired) electrons. The van der Waals surface area contributed by atoms with Crippen LogP contribution in [0.5, 0.6) is 0 Å². The molecule has 2 N–H and O–H groups in total. The van der Waals surface area contributed by atoms with Crippen LogP contribution in [0.1, 0.15) is 37.3 Å². The number of rotatable bonds is 7. The lowest BCUT2D eigenvalue weighted by atomic mass is 9.94. The van der Waals surface area contributed by atoms with E-state index in [2.05, 4.69) is 38.0 Å². The maximum atomic E-state index is 12.1. The Hall–Kier alpha value is -2.64. The number of allylic oxidation sites excluding steroid dienone is 2. The van der Waals surface area contributed by atoms with Crippen molar-refractivity contribution in [1.82, 2.24) is 29.9 Å². The van der Waals surface area contributed by atoms with Crippen molar-refractivity contribution < 1.29 is 4.79 Å². The number of amides is 2. The summed E-state index contributed by atoms with van der Waals surface area (Å²) >= 11 is 0. The zero-order valence-corrected chi connectivity index (χ0v) is 15.5. The summed E-state index contributed by atoms with van der Waals surface area (Å²) in [6, 6.07) is 1.63. The highest BCUT2D eigenvalue weighted by atomic mass is 16.2. The molecular weight excluding hydrogens is 330 g/mol. The van der Waals surface area contributed by atoms with Crippen LogP contribution in [0.4, 0.5) is 10.6 Å². The molecule has 1 atom stereocenters. The van der Waals surface area contributed by atoms with Crippen molar-refractivity contribution in [1.29, 1.82) is 0 Å². The maximum absolute atomic E-state index is 12.1. The zero-order chi connectivity index (χ0) is 18.4. The molecule has 0 fully saturated rings. The number of aryl methyl sites for hydroxylation is 3. The number of urea groups is 1.